The van der Waals surface area contributed by atoms with Crippen LogP contribution in [0.3, 0.4) is 0 Å². The monoisotopic (exact) mass is 371 g/mol. The van der Waals surface area contributed by atoms with Gasteiger partial charge >= 0.3 is 5.97 Å². The molecule has 0 bridgehead atoms. The van der Waals surface area contributed by atoms with Crippen LogP contribution in [0.5, 0.6) is 0 Å². The van der Waals surface area contributed by atoms with Crippen LogP contribution >= 0.6 is 0 Å². The number of carbonyl (C=O) groups is 3. The molecule has 0 unspecified atom stereocenters. The van der Waals surface area contributed by atoms with E-state index in [2.05, 4.69) is 10.6 Å². The predicted molar refractivity (Wildman–Crippen MR) is 104 cm³/mol. The number of hydrogen-bond donors (Lipinski definition) is 2. The van der Waals surface area contributed by atoms with E-state index in [1.165, 1.54) is 6.92 Å². The lowest BCUT2D eigenvalue weighted by Gasteiger charge is -2.09. The van der Waals surface area contributed by atoms with Crippen molar-refractivity contribution in [2.24, 2.45) is 0 Å². The highest BCUT2D eigenvalue weighted by atomic mass is 16.5. The van der Waals surface area contributed by atoms with Gasteiger partial charge in [-0.3, -0.25) is 9.59 Å². The SMILES string of the molecule is CCOC(=O)c1c(C)c(C(=O)Nc2cccc(NC(C)=O)c2)c(C)n1CC. The first-order chi connectivity index (χ1) is 12.8. The molecular formula is C20H25N3O4. The molecule has 0 saturated heterocycles. The molecule has 0 aliphatic carbocycles. The zero-order valence-electron chi connectivity index (χ0n) is 16.3. The van der Waals surface area contributed by atoms with Crippen molar-refractivity contribution in [3.63, 3.8) is 0 Å². The Morgan fingerprint density at radius 1 is 1.07 bits per heavy atom. The highest BCUT2D eigenvalue weighted by molar-refractivity contribution is 6.08. The normalized spacial score (nSPS) is 10.4. The Balaban J connectivity index is 2.37. The molecule has 7 nitrogen and oxygen atoms in total. The summed E-state index contributed by atoms with van der Waals surface area (Å²) in [7, 11) is 0. The minimum Gasteiger partial charge on any atom is -0.461 e. The van der Waals surface area contributed by atoms with E-state index in [1.807, 2.05) is 13.8 Å². The lowest BCUT2D eigenvalue weighted by atomic mass is 10.1. The smallest absolute Gasteiger partial charge is 0.355 e. The largest absolute Gasteiger partial charge is 0.461 e. The summed E-state index contributed by atoms with van der Waals surface area (Å²) < 4.78 is 6.93. The molecule has 0 atom stereocenters. The lowest BCUT2D eigenvalue weighted by Crippen LogP contribution is -2.14. The van der Waals surface area contributed by atoms with Gasteiger partial charge in [0.15, 0.2) is 0 Å². The molecule has 0 spiro atoms. The summed E-state index contributed by atoms with van der Waals surface area (Å²) in [6, 6.07) is 6.88. The van der Waals surface area contributed by atoms with Crippen molar-refractivity contribution in [3.8, 4) is 0 Å². The van der Waals surface area contributed by atoms with Crippen molar-refractivity contribution in [3.05, 3.63) is 46.8 Å². The Kier molecular flexibility index (Phi) is 6.39. The lowest BCUT2D eigenvalue weighted by molar-refractivity contribution is -0.114. The van der Waals surface area contributed by atoms with Gasteiger partial charge in [0.2, 0.25) is 5.91 Å². The second-order valence-electron chi connectivity index (χ2n) is 6.11. The van der Waals surface area contributed by atoms with Gasteiger partial charge in [0, 0.05) is 30.5 Å². The number of carbonyl (C=O) groups excluding carboxylic acids is 3. The van der Waals surface area contributed by atoms with Gasteiger partial charge in [-0.2, -0.15) is 0 Å². The third kappa shape index (κ3) is 4.36. The highest BCUT2D eigenvalue weighted by Crippen LogP contribution is 2.25. The Bertz CT molecular complexity index is 884. The number of amides is 2. The first-order valence-corrected chi connectivity index (χ1v) is 8.85. The maximum Gasteiger partial charge on any atom is 0.355 e. The number of rotatable bonds is 6. The van der Waals surface area contributed by atoms with Crippen LogP contribution in [0.15, 0.2) is 24.3 Å². The Morgan fingerprint density at radius 3 is 2.26 bits per heavy atom. The maximum atomic E-state index is 12.9. The molecular weight excluding hydrogens is 346 g/mol. The van der Waals surface area contributed by atoms with Crippen molar-refractivity contribution in [2.75, 3.05) is 17.2 Å². The minimum atomic E-state index is -0.438. The topological polar surface area (TPSA) is 89.4 Å². The fraction of sp³-hybridized carbons (Fsp3) is 0.350. The second kappa shape index (κ2) is 8.53. The second-order valence-corrected chi connectivity index (χ2v) is 6.11. The van der Waals surface area contributed by atoms with Gasteiger partial charge in [-0.15, -0.1) is 0 Å². The highest BCUT2D eigenvalue weighted by Gasteiger charge is 2.26. The van der Waals surface area contributed by atoms with E-state index in [-0.39, 0.29) is 18.4 Å². The molecule has 27 heavy (non-hydrogen) atoms. The summed E-state index contributed by atoms with van der Waals surface area (Å²) in [6.45, 7) is 9.44. The van der Waals surface area contributed by atoms with Gasteiger partial charge in [-0.05, 0) is 51.5 Å². The number of esters is 1. The van der Waals surface area contributed by atoms with Crippen LogP contribution in [0.4, 0.5) is 11.4 Å². The maximum absolute atomic E-state index is 12.9. The molecule has 2 N–H and O–H groups in total. The fourth-order valence-electron chi connectivity index (χ4n) is 3.16. The molecule has 2 rings (SSSR count). The Labute approximate surface area is 158 Å². The van der Waals surface area contributed by atoms with Crippen LogP contribution in [0.25, 0.3) is 0 Å². The van der Waals surface area contributed by atoms with E-state index in [9.17, 15) is 14.4 Å². The molecule has 0 aliphatic rings. The quantitative estimate of drug-likeness (QED) is 0.761. The van der Waals surface area contributed by atoms with Crippen LogP contribution < -0.4 is 10.6 Å². The minimum absolute atomic E-state index is 0.190. The van der Waals surface area contributed by atoms with Gasteiger partial charge in [0.05, 0.1) is 12.2 Å². The fourth-order valence-corrected chi connectivity index (χ4v) is 3.16. The molecule has 2 aromatic rings. The zero-order valence-corrected chi connectivity index (χ0v) is 16.3. The molecule has 144 valence electrons. The third-order valence-corrected chi connectivity index (χ3v) is 4.22. The summed E-state index contributed by atoms with van der Waals surface area (Å²) in [4.78, 5) is 36.4. The van der Waals surface area contributed by atoms with Crippen LogP contribution in [-0.2, 0) is 16.1 Å². The molecule has 1 heterocycles. The number of nitrogens with zero attached hydrogens (tertiary/aromatic N) is 1. The number of nitrogens with one attached hydrogen (secondary N) is 2. The average Bonchev–Trinajstić information content (AvgIpc) is 2.84. The van der Waals surface area contributed by atoms with Crippen molar-refractivity contribution >= 4 is 29.2 Å². The molecule has 0 fully saturated rings. The van der Waals surface area contributed by atoms with Gasteiger partial charge < -0.3 is 19.9 Å². The number of aromatic nitrogens is 1. The number of hydrogen-bond acceptors (Lipinski definition) is 4. The molecule has 2 amide bonds. The molecule has 0 saturated carbocycles. The molecule has 7 heteroatoms. The van der Waals surface area contributed by atoms with Crippen molar-refractivity contribution in [1.29, 1.82) is 0 Å². The van der Waals surface area contributed by atoms with Crippen molar-refractivity contribution in [1.82, 2.24) is 4.57 Å². The first-order valence-electron chi connectivity index (χ1n) is 8.85. The third-order valence-electron chi connectivity index (χ3n) is 4.22. The van der Waals surface area contributed by atoms with Crippen LogP contribution in [0.2, 0.25) is 0 Å². The first kappa shape index (κ1) is 20.2. The number of benzene rings is 1. The van der Waals surface area contributed by atoms with E-state index in [0.29, 0.717) is 40.4 Å². The Morgan fingerprint density at radius 2 is 1.70 bits per heavy atom. The van der Waals surface area contributed by atoms with Gasteiger partial charge in [0.1, 0.15) is 5.69 Å². The summed E-state index contributed by atoms with van der Waals surface area (Å²) in [5, 5.41) is 5.51. The van der Waals surface area contributed by atoms with Gasteiger partial charge in [-0.1, -0.05) is 6.07 Å². The van der Waals surface area contributed by atoms with Crippen LogP contribution in [0.1, 0.15) is 52.9 Å². The number of ether oxygens (including phenoxy) is 1. The summed E-state index contributed by atoms with van der Waals surface area (Å²) in [5.74, 6) is -0.946. The molecule has 1 aromatic heterocycles. The van der Waals surface area contributed by atoms with Crippen LogP contribution in [0, 0.1) is 13.8 Å². The zero-order chi connectivity index (χ0) is 20.1. The van der Waals surface area contributed by atoms with Gasteiger partial charge in [0.25, 0.3) is 5.91 Å². The molecule has 0 radical (unpaired) electrons. The molecule has 1 aromatic carbocycles. The summed E-state index contributed by atoms with van der Waals surface area (Å²) in [6.07, 6.45) is 0. The van der Waals surface area contributed by atoms with Crippen LogP contribution in [-0.4, -0.2) is 29.0 Å². The van der Waals surface area contributed by atoms with Crippen molar-refractivity contribution in [2.45, 2.75) is 41.2 Å². The predicted octanol–water partition coefficient (Wildman–Crippen LogP) is 3.51. The van der Waals surface area contributed by atoms with E-state index in [0.717, 1.165) is 0 Å². The van der Waals surface area contributed by atoms with E-state index < -0.39 is 5.97 Å². The van der Waals surface area contributed by atoms with E-state index in [1.54, 1.807) is 42.7 Å². The van der Waals surface area contributed by atoms with Crippen molar-refractivity contribution < 1.29 is 19.1 Å². The summed E-state index contributed by atoms with van der Waals surface area (Å²) in [5.41, 5.74) is 3.27. The average molecular weight is 371 g/mol. The van der Waals surface area contributed by atoms with E-state index in [4.69, 9.17) is 4.74 Å². The number of anilines is 2. The standard InChI is InChI=1S/C20H25N3O4/c1-6-23-13(4)17(12(3)18(23)20(26)27-7-2)19(25)22-16-10-8-9-15(11-16)21-14(5)24/h8-11H,6-7H2,1-5H3,(H,21,24)(H,22,25). The molecule has 0 aliphatic heterocycles. The van der Waals surface area contributed by atoms with Gasteiger partial charge in [-0.25, -0.2) is 4.79 Å². The Hall–Kier alpha value is -3.09. The summed E-state index contributed by atoms with van der Waals surface area (Å²) >= 11 is 0. The van der Waals surface area contributed by atoms with E-state index >= 15 is 0 Å².